The summed E-state index contributed by atoms with van der Waals surface area (Å²) in [5, 5.41) is 12.4. The monoisotopic (exact) mass is 298 g/mol. The number of carboxylic acids is 1. The third kappa shape index (κ3) is 4.90. The van der Waals surface area contributed by atoms with E-state index in [4.69, 9.17) is 0 Å². The van der Waals surface area contributed by atoms with Gasteiger partial charge in [-0.15, -0.1) is 0 Å². The van der Waals surface area contributed by atoms with Crippen molar-refractivity contribution >= 4 is 12.0 Å². The molecule has 0 aromatic rings. The first kappa shape index (κ1) is 17.8. The Balaban J connectivity index is 2.61. The fourth-order valence-corrected chi connectivity index (χ4v) is 2.93. The molecule has 1 aliphatic rings. The normalized spacial score (nSPS) is 25.7. The lowest BCUT2D eigenvalue weighted by Gasteiger charge is -2.36. The molecule has 0 heterocycles. The molecule has 0 bridgehead atoms. The van der Waals surface area contributed by atoms with Gasteiger partial charge in [0.05, 0.1) is 5.41 Å². The molecule has 2 amide bonds. The molecule has 2 N–H and O–H groups in total. The van der Waals surface area contributed by atoms with Crippen LogP contribution in [0.15, 0.2) is 0 Å². The smallest absolute Gasteiger partial charge is 0.317 e. The number of urea groups is 1. The van der Waals surface area contributed by atoms with E-state index in [-0.39, 0.29) is 12.6 Å². The Kier molecular flexibility index (Phi) is 6.49. The van der Waals surface area contributed by atoms with Crippen molar-refractivity contribution in [3.8, 4) is 0 Å². The van der Waals surface area contributed by atoms with Gasteiger partial charge in [-0.25, -0.2) is 4.79 Å². The SMILES string of the molecule is CCN(CC(C)C)C(=O)NCC1(C(=O)O)CCC(C)CC1. The Morgan fingerprint density at radius 1 is 1.33 bits per heavy atom. The minimum absolute atomic E-state index is 0.148. The first-order valence-corrected chi connectivity index (χ1v) is 8.07. The van der Waals surface area contributed by atoms with E-state index in [1.54, 1.807) is 4.90 Å². The number of carbonyl (C=O) groups is 2. The molecule has 0 unspecified atom stereocenters. The summed E-state index contributed by atoms with van der Waals surface area (Å²) < 4.78 is 0. The van der Waals surface area contributed by atoms with Crippen LogP contribution in [0.2, 0.25) is 0 Å². The largest absolute Gasteiger partial charge is 0.481 e. The molecule has 1 fully saturated rings. The number of aliphatic carboxylic acids is 1. The summed E-state index contributed by atoms with van der Waals surface area (Å²) in [4.78, 5) is 25.6. The lowest BCUT2D eigenvalue weighted by atomic mass is 9.71. The first-order chi connectivity index (χ1) is 9.80. The summed E-state index contributed by atoms with van der Waals surface area (Å²) >= 11 is 0. The van der Waals surface area contributed by atoms with Gasteiger partial charge in [0.25, 0.3) is 0 Å². The molecule has 0 saturated heterocycles. The molecule has 0 radical (unpaired) electrons. The summed E-state index contributed by atoms with van der Waals surface area (Å²) in [5.74, 6) is 0.211. The van der Waals surface area contributed by atoms with Gasteiger partial charge < -0.3 is 15.3 Å². The van der Waals surface area contributed by atoms with Crippen LogP contribution in [0.1, 0.15) is 53.4 Å². The van der Waals surface area contributed by atoms with Crippen LogP contribution in [-0.4, -0.2) is 41.6 Å². The summed E-state index contributed by atoms with van der Waals surface area (Å²) in [6.45, 7) is 9.81. The Morgan fingerprint density at radius 2 is 1.90 bits per heavy atom. The van der Waals surface area contributed by atoms with E-state index < -0.39 is 11.4 Å². The highest BCUT2D eigenvalue weighted by atomic mass is 16.4. The number of hydrogen-bond donors (Lipinski definition) is 2. The molecule has 122 valence electrons. The number of hydrogen-bond acceptors (Lipinski definition) is 2. The topological polar surface area (TPSA) is 69.6 Å². The maximum absolute atomic E-state index is 12.2. The van der Waals surface area contributed by atoms with Gasteiger partial charge in [-0.1, -0.05) is 20.8 Å². The lowest BCUT2D eigenvalue weighted by molar-refractivity contribution is -0.151. The second kappa shape index (κ2) is 7.66. The summed E-state index contributed by atoms with van der Waals surface area (Å²) in [6.07, 6.45) is 3.15. The Hall–Kier alpha value is -1.26. The second-order valence-corrected chi connectivity index (χ2v) is 6.86. The quantitative estimate of drug-likeness (QED) is 0.792. The Bertz CT molecular complexity index is 361. The molecular weight excluding hydrogens is 268 g/mol. The van der Waals surface area contributed by atoms with Crippen LogP contribution in [0.3, 0.4) is 0 Å². The van der Waals surface area contributed by atoms with E-state index in [0.29, 0.717) is 37.8 Å². The van der Waals surface area contributed by atoms with Gasteiger partial charge in [0, 0.05) is 19.6 Å². The first-order valence-electron chi connectivity index (χ1n) is 8.07. The molecule has 0 atom stereocenters. The molecule has 0 spiro atoms. The Morgan fingerprint density at radius 3 is 2.33 bits per heavy atom. The summed E-state index contributed by atoms with van der Waals surface area (Å²) in [6, 6.07) is -0.148. The Labute approximate surface area is 128 Å². The van der Waals surface area contributed by atoms with E-state index in [0.717, 1.165) is 12.8 Å². The van der Waals surface area contributed by atoms with Crippen LogP contribution in [-0.2, 0) is 4.79 Å². The highest BCUT2D eigenvalue weighted by molar-refractivity contribution is 5.78. The molecule has 1 aliphatic carbocycles. The van der Waals surface area contributed by atoms with Gasteiger partial charge in [0.15, 0.2) is 0 Å². The average molecular weight is 298 g/mol. The molecule has 0 aromatic carbocycles. The molecule has 1 rings (SSSR count). The third-order valence-corrected chi connectivity index (χ3v) is 4.52. The van der Waals surface area contributed by atoms with Gasteiger partial charge >= 0.3 is 12.0 Å². The van der Waals surface area contributed by atoms with E-state index in [2.05, 4.69) is 26.1 Å². The number of carbonyl (C=O) groups excluding carboxylic acids is 1. The minimum atomic E-state index is -0.778. The van der Waals surface area contributed by atoms with Gasteiger partial charge in [-0.05, 0) is 44.4 Å². The second-order valence-electron chi connectivity index (χ2n) is 6.86. The molecule has 0 aliphatic heterocycles. The number of rotatable bonds is 6. The molecule has 21 heavy (non-hydrogen) atoms. The maximum Gasteiger partial charge on any atom is 0.317 e. The number of nitrogens with zero attached hydrogens (tertiary/aromatic N) is 1. The minimum Gasteiger partial charge on any atom is -0.481 e. The van der Waals surface area contributed by atoms with Crippen molar-refractivity contribution in [1.82, 2.24) is 10.2 Å². The van der Waals surface area contributed by atoms with Gasteiger partial charge in [-0.3, -0.25) is 4.79 Å². The van der Waals surface area contributed by atoms with Crippen LogP contribution in [0.25, 0.3) is 0 Å². The third-order valence-electron chi connectivity index (χ3n) is 4.52. The van der Waals surface area contributed by atoms with Gasteiger partial charge in [-0.2, -0.15) is 0 Å². The van der Waals surface area contributed by atoms with Crippen molar-refractivity contribution < 1.29 is 14.7 Å². The van der Waals surface area contributed by atoms with Crippen molar-refractivity contribution in [1.29, 1.82) is 0 Å². The van der Waals surface area contributed by atoms with Crippen LogP contribution in [0.5, 0.6) is 0 Å². The van der Waals surface area contributed by atoms with Crippen molar-refractivity contribution in [2.24, 2.45) is 17.3 Å². The predicted molar refractivity (Wildman–Crippen MR) is 83.2 cm³/mol. The number of amides is 2. The molecule has 0 aromatic heterocycles. The molecule has 1 saturated carbocycles. The zero-order chi connectivity index (χ0) is 16.0. The predicted octanol–water partition coefficient (Wildman–Crippen LogP) is 2.96. The van der Waals surface area contributed by atoms with Crippen LogP contribution < -0.4 is 5.32 Å². The van der Waals surface area contributed by atoms with E-state index >= 15 is 0 Å². The van der Waals surface area contributed by atoms with Gasteiger partial charge in [0.1, 0.15) is 0 Å². The van der Waals surface area contributed by atoms with Crippen molar-refractivity contribution in [3.05, 3.63) is 0 Å². The van der Waals surface area contributed by atoms with Crippen LogP contribution >= 0.6 is 0 Å². The zero-order valence-electron chi connectivity index (χ0n) is 13.8. The van der Waals surface area contributed by atoms with E-state index in [1.165, 1.54) is 0 Å². The zero-order valence-corrected chi connectivity index (χ0v) is 13.8. The van der Waals surface area contributed by atoms with Crippen molar-refractivity contribution in [2.45, 2.75) is 53.4 Å². The maximum atomic E-state index is 12.2. The summed E-state index contributed by atoms with van der Waals surface area (Å²) in [5.41, 5.74) is -0.778. The molecule has 5 nitrogen and oxygen atoms in total. The fraction of sp³-hybridized carbons (Fsp3) is 0.875. The highest BCUT2D eigenvalue weighted by Gasteiger charge is 2.41. The number of nitrogens with one attached hydrogen (secondary N) is 1. The van der Waals surface area contributed by atoms with Crippen LogP contribution in [0.4, 0.5) is 4.79 Å². The van der Waals surface area contributed by atoms with Crippen LogP contribution in [0, 0.1) is 17.3 Å². The van der Waals surface area contributed by atoms with Crippen molar-refractivity contribution in [3.63, 3.8) is 0 Å². The van der Waals surface area contributed by atoms with E-state index in [9.17, 15) is 14.7 Å². The highest BCUT2D eigenvalue weighted by Crippen LogP contribution is 2.38. The standard InChI is InChI=1S/C16H30N2O3/c1-5-18(10-12(2)3)15(21)17-11-16(14(19)20)8-6-13(4)7-9-16/h12-13H,5-11H2,1-4H3,(H,17,21)(H,19,20). The number of carboxylic acid groups (broad SMARTS) is 1. The molecule has 5 heteroatoms. The summed E-state index contributed by atoms with van der Waals surface area (Å²) in [7, 11) is 0. The average Bonchev–Trinajstić information content (AvgIpc) is 2.43. The lowest BCUT2D eigenvalue weighted by Crippen LogP contribution is -2.49. The fourth-order valence-electron chi connectivity index (χ4n) is 2.93. The van der Waals surface area contributed by atoms with E-state index in [1.807, 2.05) is 6.92 Å². The van der Waals surface area contributed by atoms with Gasteiger partial charge in [0.2, 0.25) is 0 Å². The van der Waals surface area contributed by atoms with Crippen molar-refractivity contribution in [2.75, 3.05) is 19.6 Å². The molecular formula is C16H30N2O3.